The summed E-state index contributed by atoms with van der Waals surface area (Å²) in [6.07, 6.45) is 3.27. The van der Waals surface area contributed by atoms with E-state index in [9.17, 15) is 9.59 Å². The van der Waals surface area contributed by atoms with Gasteiger partial charge in [-0.05, 0) is 25.7 Å². The van der Waals surface area contributed by atoms with Crippen LogP contribution in [0.25, 0.3) is 0 Å². The minimum atomic E-state index is -0.558. The molecule has 0 radical (unpaired) electrons. The van der Waals surface area contributed by atoms with Gasteiger partial charge in [-0.25, -0.2) is 4.98 Å². The van der Waals surface area contributed by atoms with Gasteiger partial charge in [0.25, 0.3) is 0 Å². The van der Waals surface area contributed by atoms with Gasteiger partial charge in [0.1, 0.15) is 5.82 Å². The third-order valence-corrected chi connectivity index (χ3v) is 4.96. The maximum absolute atomic E-state index is 13.1. The number of aromatic amines is 1. The highest BCUT2D eigenvalue weighted by atomic mass is 16.5. The maximum Gasteiger partial charge on any atom is 0.306 e. The normalized spacial score (nSPS) is 19.9. The number of nitrogens with zero attached hydrogens (tertiary/aromatic N) is 2. The van der Waals surface area contributed by atoms with Crippen molar-refractivity contribution in [3.05, 3.63) is 17.7 Å². The number of hydrogen-bond acceptors (Lipinski definition) is 5. The molecule has 0 aliphatic carbocycles. The minimum absolute atomic E-state index is 0.0168. The summed E-state index contributed by atoms with van der Waals surface area (Å²) in [4.78, 5) is 34.5. The zero-order chi connectivity index (χ0) is 18.6. The van der Waals surface area contributed by atoms with Crippen molar-refractivity contribution in [2.75, 3.05) is 20.8 Å². The maximum atomic E-state index is 13.1. The van der Waals surface area contributed by atoms with E-state index >= 15 is 0 Å². The molecular formula is C18H29N3O4. The van der Waals surface area contributed by atoms with Crippen molar-refractivity contribution in [3.63, 3.8) is 0 Å². The molecule has 1 aromatic heterocycles. The first-order valence-corrected chi connectivity index (χ1v) is 8.83. The molecule has 1 saturated heterocycles. The van der Waals surface area contributed by atoms with Crippen molar-refractivity contribution in [2.45, 2.75) is 58.1 Å². The molecule has 0 spiro atoms. The third-order valence-electron chi connectivity index (χ3n) is 4.96. The van der Waals surface area contributed by atoms with Crippen LogP contribution in [0.4, 0.5) is 0 Å². The number of hydrogen-bond donors (Lipinski definition) is 1. The fourth-order valence-corrected chi connectivity index (χ4v) is 3.22. The number of rotatable bonds is 7. The van der Waals surface area contributed by atoms with Crippen LogP contribution in [0.3, 0.4) is 0 Å². The van der Waals surface area contributed by atoms with Gasteiger partial charge in [-0.3, -0.25) is 9.59 Å². The highest BCUT2D eigenvalue weighted by Gasteiger charge is 2.38. The Morgan fingerprint density at radius 2 is 2.08 bits per heavy atom. The number of amides is 1. The van der Waals surface area contributed by atoms with E-state index in [1.165, 1.54) is 7.11 Å². The minimum Gasteiger partial charge on any atom is -0.469 e. The van der Waals surface area contributed by atoms with E-state index in [-0.39, 0.29) is 24.5 Å². The number of imidazole rings is 1. The van der Waals surface area contributed by atoms with E-state index in [2.05, 4.69) is 23.8 Å². The van der Waals surface area contributed by atoms with Crippen LogP contribution >= 0.6 is 0 Å². The Hall–Kier alpha value is -1.89. The second kappa shape index (κ2) is 8.47. The Balaban J connectivity index is 2.20. The van der Waals surface area contributed by atoms with Crippen molar-refractivity contribution in [1.82, 2.24) is 14.9 Å². The summed E-state index contributed by atoms with van der Waals surface area (Å²) >= 11 is 0. The molecule has 25 heavy (non-hydrogen) atoms. The lowest BCUT2D eigenvalue weighted by atomic mass is 9.97. The van der Waals surface area contributed by atoms with E-state index < -0.39 is 11.9 Å². The van der Waals surface area contributed by atoms with E-state index in [0.29, 0.717) is 12.5 Å². The zero-order valence-electron chi connectivity index (χ0n) is 15.7. The fraction of sp³-hybridized carbons (Fsp3) is 0.722. The Morgan fingerprint density at radius 3 is 2.64 bits per heavy atom. The SMILES string of the molecule is COC(=O)C[C@H](C(=O)N1CCCC1c1ncc(C(C)C)[nH]1)[C@H](C)OC. The van der Waals surface area contributed by atoms with Gasteiger partial charge in [0, 0.05) is 25.5 Å². The molecule has 0 bridgehead atoms. The predicted octanol–water partition coefficient (Wildman–Crippen LogP) is 2.41. The number of carbonyl (C=O) groups is 2. The molecule has 3 atom stereocenters. The number of carbonyl (C=O) groups excluding carboxylic acids is 2. The Labute approximate surface area is 149 Å². The monoisotopic (exact) mass is 351 g/mol. The van der Waals surface area contributed by atoms with Crippen LogP contribution in [0, 0.1) is 5.92 Å². The Morgan fingerprint density at radius 1 is 1.36 bits per heavy atom. The lowest BCUT2D eigenvalue weighted by molar-refractivity contribution is -0.151. The average molecular weight is 351 g/mol. The van der Waals surface area contributed by atoms with Crippen molar-refractivity contribution < 1.29 is 19.1 Å². The molecule has 1 aliphatic rings. The summed E-state index contributed by atoms with van der Waals surface area (Å²) < 4.78 is 10.1. The van der Waals surface area contributed by atoms with Crippen LogP contribution < -0.4 is 0 Å². The van der Waals surface area contributed by atoms with Crippen molar-refractivity contribution in [2.24, 2.45) is 5.92 Å². The molecule has 1 aromatic rings. The van der Waals surface area contributed by atoms with Crippen molar-refractivity contribution in [1.29, 1.82) is 0 Å². The second-order valence-corrected chi connectivity index (χ2v) is 6.90. The van der Waals surface area contributed by atoms with Gasteiger partial charge in [0.2, 0.25) is 5.91 Å². The predicted molar refractivity (Wildman–Crippen MR) is 93.0 cm³/mol. The van der Waals surface area contributed by atoms with Gasteiger partial charge in [-0.15, -0.1) is 0 Å². The molecule has 2 rings (SSSR count). The van der Waals surface area contributed by atoms with Crippen LogP contribution in [-0.2, 0) is 19.1 Å². The number of methoxy groups -OCH3 is 2. The lowest BCUT2D eigenvalue weighted by Gasteiger charge is -2.30. The second-order valence-electron chi connectivity index (χ2n) is 6.90. The number of H-pyrrole nitrogens is 1. The van der Waals surface area contributed by atoms with E-state index in [1.807, 2.05) is 11.1 Å². The van der Waals surface area contributed by atoms with Crippen LogP contribution in [0.1, 0.15) is 63.5 Å². The largest absolute Gasteiger partial charge is 0.469 e. The Bertz CT molecular complexity index is 599. The molecule has 1 amide bonds. The van der Waals surface area contributed by atoms with Gasteiger partial charge in [-0.1, -0.05) is 13.8 Å². The number of esters is 1. The van der Waals surface area contributed by atoms with Crippen LogP contribution in [0.2, 0.25) is 0 Å². The third kappa shape index (κ3) is 4.39. The molecule has 1 unspecified atom stereocenters. The van der Waals surface area contributed by atoms with Gasteiger partial charge < -0.3 is 19.4 Å². The first-order valence-electron chi connectivity index (χ1n) is 8.83. The number of likely N-dealkylation sites (tertiary alicyclic amines) is 1. The zero-order valence-corrected chi connectivity index (χ0v) is 15.7. The summed E-state index contributed by atoms with van der Waals surface area (Å²) in [6, 6.07) is -0.0794. The summed E-state index contributed by atoms with van der Waals surface area (Å²) in [5, 5.41) is 0. The molecular weight excluding hydrogens is 322 g/mol. The van der Waals surface area contributed by atoms with Crippen LogP contribution in [0.15, 0.2) is 6.20 Å². The average Bonchev–Trinajstić information content (AvgIpc) is 3.26. The standard InChI is InChI=1S/C18H29N3O4/c1-11(2)14-10-19-17(20-14)15-7-6-8-21(15)18(23)13(12(3)24-4)9-16(22)25-5/h10-13,15H,6-9H2,1-5H3,(H,19,20)/t12-,13-,15?/m0/s1. The van der Waals surface area contributed by atoms with Gasteiger partial charge >= 0.3 is 5.97 Å². The molecule has 140 valence electrons. The number of aromatic nitrogens is 2. The number of ether oxygens (including phenoxy) is 2. The van der Waals surface area contributed by atoms with E-state index in [0.717, 1.165) is 24.4 Å². The summed E-state index contributed by atoms with van der Waals surface area (Å²) in [5.74, 6) is 0.129. The first-order chi connectivity index (χ1) is 11.9. The molecule has 0 aromatic carbocycles. The highest BCUT2D eigenvalue weighted by molar-refractivity contribution is 5.84. The van der Waals surface area contributed by atoms with Crippen molar-refractivity contribution in [3.8, 4) is 0 Å². The molecule has 1 fully saturated rings. The summed E-state index contributed by atoms with van der Waals surface area (Å²) in [6.45, 7) is 6.67. The molecule has 2 heterocycles. The topological polar surface area (TPSA) is 84.5 Å². The first kappa shape index (κ1) is 19.4. The fourth-order valence-electron chi connectivity index (χ4n) is 3.22. The molecule has 1 N–H and O–H groups in total. The van der Waals surface area contributed by atoms with Gasteiger partial charge in [0.15, 0.2) is 0 Å². The van der Waals surface area contributed by atoms with Crippen LogP contribution in [0.5, 0.6) is 0 Å². The van der Waals surface area contributed by atoms with Crippen LogP contribution in [-0.4, -0.2) is 53.6 Å². The van der Waals surface area contributed by atoms with E-state index in [1.54, 1.807) is 14.0 Å². The summed E-state index contributed by atoms with van der Waals surface area (Å²) in [5.41, 5.74) is 1.06. The summed E-state index contributed by atoms with van der Waals surface area (Å²) in [7, 11) is 2.88. The lowest BCUT2D eigenvalue weighted by Crippen LogP contribution is -2.41. The van der Waals surface area contributed by atoms with Gasteiger partial charge in [-0.2, -0.15) is 0 Å². The quantitative estimate of drug-likeness (QED) is 0.763. The molecule has 0 saturated carbocycles. The molecule has 7 nitrogen and oxygen atoms in total. The molecule has 7 heteroatoms. The molecule has 1 aliphatic heterocycles. The highest BCUT2D eigenvalue weighted by Crippen LogP contribution is 2.33. The number of nitrogens with one attached hydrogen (secondary N) is 1. The van der Waals surface area contributed by atoms with Gasteiger partial charge in [0.05, 0.1) is 31.6 Å². The van der Waals surface area contributed by atoms with E-state index in [4.69, 9.17) is 9.47 Å². The van der Waals surface area contributed by atoms with Crippen molar-refractivity contribution >= 4 is 11.9 Å². The Kier molecular flexibility index (Phi) is 6.58. The smallest absolute Gasteiger partial charge is 0.306 e.